The number of benzene rings is 2. The predicted octanol–water partition coefficient (Wildman–Crippen LogP) is 3.54. The molecule has 0 amide bonds. The van der Waals surface area contributed by atoms with Gasteiger partial charge in [-0.05, 0) is 36.2 Å². The van der Waals surface area contributed by atoms with Crippen molar-refractivity contribution in [3.8, 4) is 11.3 Å². The van der Waals surface area contributed by atoms with Gasteiger partial charge in [-0.25, -0.2) is 9.48 Å². The second-order valence-electron chi connectivity index (χ2n) is 9.15. The van der Waals surface area contributed by atoms with Crippen LogP contribution < -0.4 is 16.6 Å². The van der Waals surface area contributed by atoms with Gasteiger partial charge in [0.05, 0.1) is 24.9 Å². The summed E-state index contributed by atoms with van der Waals surface area (Å²) in [5.41, 5.74) is 3.29. The molecule has 0 radical (unpaired) electrons. The van der Waals surface area contributed by atoms with Crippen LogP contribution in [0.5, 0.6) is 0 Å². The van der Waals surface area contributed by atoms with Crippen LogP contribution in [-0.2, 0) is 24.9 Å². The number of nitrogens with zero attached hydrogens (tertiary/aromatic N) is 5. The fourth-order valence-electron chi connectivity index (χ4n) is 4.55. The molecule has 1 unspecified atom stereocenters. The Morgan fingerprint density at radius 1 is 1.00 bits per heavy atom. The van der Waals surface area contributed by atoms with E-state index in [4.69, 9.17) is 9.84 Å². The SMILES string of the molecule is Cn1c(=O)c2c(Nc3ccccc3)n(Cc3ccc(-c4ccccn4)cc3)nc2n(CC2CCO2)c1=O. The second-order valence-corrected chi connectivity index (χ2v) is 9.15. The molecule has 1 saturated heterocycles. The number of pyridine rings is 1. The zero-order valence-electron chi connectivity index (χ0n) is 20.4. The minimum atomic E-state index is -0.399. The average Bonchev–Trinajstić information content (AvgIpc) is 3.25. The summed E-state index contributed by atoms with van der Waals surface area (Å²) in [6.45, 7) is 1.44. The van der Waals surface area contributed by atoms with E-state index in [1.54, 1.807) is 15.4 Å². The molecule has 3 aromatic heterocycles. The Balaban J connectivity index is 1.46. The average molecular weight is 495 g/mol. The van der Waals surface area contributed by atoms with Crippen molar-refractivity contribution in [2.75, 3.05) is 11.9 Å². The van der Waals surface area contributed by atoms with Gasteiger partial charge in [0.15, 0.2) is 5.65 Å². The summed E-state index contributed by atoms with van der Waals surface area (Å²) in [6.07, 6.45) is 2.58. The van der Waals surface area contributed by atoms with E-state index in [0.717, 1.165) is 33.5 Å². The summed E-state index contributed by atoms with van der Waals surface area (Å²) < 4.78 is 10.0. The number of anilines is 2. The molecule has 4 heterocycles. The Morgan fingerprint density at radius 3 is 2.43 bits per heavy atom. The van der Waals surface area contributed by atoms with Crippen molar-refractivity contribution in [2.45, 2.75) is 25.6 Å². The van der Waals surface area contributed by atoms with Crippen LogP contribution >= 0.6 is 0 Å². The number of hydrogen-bond acceptors (Lipinski definition) is 6. The van der Waals surface area contributed by atoms with Crippen molar-refractivity contribution in [1.82, 2.24) is 23.9 Å². The van der Waals surface area contributed by atoms with Crippen LogP contribution in [0.1, 0.15) is 12.0 Å². The van der Waals surface area contributed by atoms with Gasteiger partial charge < -0.3 is 10.1 Å². The summed E-state index contributed by atoms with van der Waals surface area (Å²) in [6, 6.07) is 23.5. The number of para-hydroxylation sites is 1. The molecule has 1 fully saturated rings. The molecule has 1 aliphatic heterocycles. The lowest BCUT2D eigenvalue weighted by atomic mass is 10.1. The molecular weight excluding hydrogens is 468 g/mol. The van der Waals surface area contributed by atoms with E-state index in [1.807, 2.05) is 72.8 Å². The van der Waals surface area contributed by atoms with Crippen molar-refractivity contribution in [2.24, 2.45) is 7.05 Å². The van der Waals surface area contributed by atoms with Crippen LogP contribution in [-0.4, -0.2) is 36.6 Å². The molecule has 5 aromatic rings. The summed E-state index contributed by atoms with van der Waals surface area (Å²) >= 11 is 0. The highest BCUT2D eigenvalue weighted by Gasteiger charge is 2.25. The highest BCUT2D eigenvalue weighted by Crippen LogP contribution is 2.26. The first kappa shape index (κ1) is 22.9. The van der Waals surface area contributed by atoms with Crippen LogP contribution in [0.15, 0.2) is 88.6 Å². The van der Waals surface area contributed by atoms with Crippen LogP contribution in [0.4, 0.5) is 11.5 Å². The summed E-state index contributed by atoms with van der Waals surface area (Å²) in [7, 11) is 1.50. The van der Waals surface area contributed by atoms with Crippen molar-refractivity contribution in [3.05, 3.63) is 105 Å². The van der Waals surface area contributed by atoms with Gasteiger partial charge in [-0.1, -0.05) is 48.5 Å². The standard InChI is InChI=1S/C28H26N6O3/c1-32-27(35)24-25(30-21-7-3-2-4-8-21)34(31-26(24)33(28(32)36)18-22-14-16-37-22)17-19-10-12-20(13-11-19)23-9-5-6-15-29-23/h2-13,15,22,30H,14,16-18H2,1H3. The van der Waals surface area contributed by atoms with Crippen molar-refractivity contribution >= 4 is 22.5 Å². The predicted molar refractivity (Wildman–Crippen MR) is 142 cm³/mol. The Morgan fingerprint density at radius 2 is 1.76 bits per heavy atom. The maximum Gasteiger partial charge on any atom is 0.332 e. The molecule has 1 aliphatic rings. The van der Waals surface area contributed by atoms with Gasteiger partial charge in [0.1, 0.15) is 11.2 Å². The van der Waals surface area contributed by atoms with Gasteiger partial charge in [-0.15, -0.1) is 0 Å². The van der Waals surface area contributed by atoms with E-state index < -0.39 is 5.69 Å². The first-order valence-electron chi connectivity index (χ1n) is 12.2. The molecule has 0 spiro atoms. The molecule has 1 atom stereocenters. The van der Waals surface area contributed by atoms with Gasteiger partial charge in [-0.2, -0.15) is 5.10 Å². The molecule has 0 bridgehead atoms. The van der Waals surface area contributed by atoms with Crippen LogP contribution in [0.2, 0.25) is 0 Å². The molecule has 6 rings (SSSR count). The van der Waals surface area contributed by atoms with E-state index in [-0.39, 0.29) is 11.7 Å². The summed E-state index contributed by atoms with van der Waals surface area (Å²) in [4.78, 5) is 30.9. The first-order valence-corrected chi connectivity index (χ1v) is 12.2. The zero-order valence-corrected chi connectivity index (χ0v) is 20.4. The number of aromatic nitrogens is 5. The smallest absolute Gasteiger partial charge is 0.332 e. The third kappa shape index (κ3) is 4.34. The lowest BCUT2D eigenvalue weighted by Gasteiger charge is -2.27. The van der Waals surface area contributed by atoms with Crippen LogP contribution in [0, 0.1) is 0 Å². The second kappa shape index (κ2) is 9.51. The summed E-state index contributed by atoms with van der Waals surface area (Å²) in [5.74, 6) is 0.541. The van der Waals surface area contributed by atoms with E-state index in [1.165, 1.54) is 7.05 Å². The Labute approximate surface area is 212 Å². The largest absolute Gasteiger partial charge is 0.376 e. The lowest BCUT2D eigenvalue weighted by molar-refractivity contribution is -0.0594. The fraction of sp³-hybridized carbons (Fsp3) is 0.214. The summed E-state index contributed by atoms with van der Waals surface area (Å²) in [5, 5.41) is 8.55. The van der Waals surface area contributed by atoms with Gasteiger partial charge in [0.25, 0.3) is 5.56 Å². The molecule has 9 nitrogen and oxygen atoms in total. The fourth-order valence-corrected chi connectivity index (χ4v) is 4.55. The van der Waals surface area contributed by atoms with Gasteiger partial charge in [-0.3, -0.25) is 18.9 Å². The lowest BCUT2D eigenvalue weighted by Crippen LogP contribution is -2.42. The normalized spacial score (nSPS) is 15.0. The molecule has 2 aromatic carbocycles. The Hall–Kier alpha value is -4.50. The van der Waals surface area contributed by atoms with E-state index in [2.05, 4.69) is 10.3 Å². The van der Waals surface area contributed by atoms with Crippen LogP contribution in [0.3, 0.4) is 0 Å². The van der Waals surface area contributed by atoms with Crippen LogP contribution in [0.25, 0.3) is 22.3 Å². The van der Waals surface area contributed by atoms with E-state index in [9.17, 15) is 9.59 Å². The number of nitrogens with one attached hydrogen (secondary N) is 1. The molecule has 0 aliphatic carbocycles. The highest BCUT2D eigenvalue weighted by molar-refractivity contribution is 5.89. The molecule has 37 heavy (non-hydrogen) atoms. The monoisotopic (exact) mass is 494 g/mol. The number of rotatable bonds is 7. The zero-order chi connectivity index (χ0) is 25.4. The minimum absolute atomic E-state index is 0.0618. The number of fused-ring (bicyclic) bond motifs is 1. The minimum Gasteiger partial charge on any atom is -0.376 e. The molecular formula is C28H26N6O3. The van der Waals surface area contributed by atoms with Crippen molar-refractivity contribution < 1.29 is 4.74 Å². The van der Waals surface area contributed by atoms with Crippen molar-refractivity contribution in [3.63, 3.8) is 0 Å². The van der Waals surface area contributed by atoms with Gasteiger partial charge in [0.2, 0.25) is 0 Å². The number of hydrogen-bond donors (Lipinski definition) is 1. The third-order valence-electron chi connectivity index (χ3n) is 6.69. The van der Waals surface area contributed by atoms with E-state index in [0.29, 0.717) is 36.5 Å². The maximum absolute atomic E-state index is 13.4. The Bertz CT molecular complexity index is 1670. The molecule has 0 saturated carbocycles. The highest BCUT2D eigenvalue weighted by atomic mass is 16.5. The first-order chi connectivity index (χ1) is 18.1. The van der Waals surface area contributed by atoms with E-state index >= 15 is 0 Å². The molecule has 186 valence electrons. The van der Waals surface area contributed by atoms with Crippen molar-refractivity contribution in [1.29, 1.82) is 0 Å². The Kier molecular flexibility index (Phi) is 5.90. The molecule has 1 N–H and O–H groups in total. The topological polar surface area (TPSA) is 96.0 Å². The quantitative estimate of drug-likeness (QED) is 0.372. The van der Waals surface area contributed by atoms with Gasteiger partial charge >= 0.3 is 5.69 Å². The third-order valence-corrected chi connectivity index (χ3v) is 6.69. The molecule has 9 heteroatoms. The maximum atomic E-state index is 13.4. The number of ether oxygens (including phenoxy) is 1. The van der Waals surface area contributed by atoms with Gasteiger partial charge in [0, 0.05) is 31.1 Å².